The summed E-state index contributed by atoms with van der Waals surface area (Å²) >= 11 is 3.12. The molecule has 1 aromatic rings. The molecule has 1 nitrogen and oxygen atoms in total. The van der Waals surface area contributed by atoms with Crippen LogP contribution in [0.2, 0.25) is 0 Å². The Hall–Kier alpha value is -0.710. The van der Waals surface area contributed by atoms with Gasteiger partial charge in [0.2, 0.25) is 0 Å². The maximum absolute atomic E-state index is 12.6. The van der Waals surface area contributed by atoms with Crippen molar-refractivity contribution in [3.63, 3.8) is 0 Å². The summed E-state index contributed by atoms with van der Waals surface area (Å²) in [4.78, 5) is 0. The van der Waals surface area contributed by atoms with Crippen molar-refractivity contribution >= 4 is 15.9 Å². The number of halogens is 4. The van der Waals surface area contributed by atoms with Crippen LogP contribution in [0.1, 0.15) is 19.4 Å². The third-order valence-corrected chi connectivity index (χ3v) is 2.26. The molecule has 1 radical (unpaired) electrons. The maximum Gasteiger partial charge on any atom is 0.419 e. The molecular formula is C11H11BrF3O. The smallest absolute Gasteiger partial charge is 0.419 e. The minimum atomic E-state index is -4.39. The molecule has 16 heavy (non-hydrogen) atoms. The topological polar surface area (TPSA) is 9.23 Å². The first-order chi connectivity index (χ1) is 7.30. The van der Waals surface area contributed by atoms with Gasteiger partial charge in [0.25, 0.3) is 0 Å². The molecule has 0 aliphatic rings. The molecule has 0 heterocycles. The Balaban J connectivity index is 2.99. The van der Waals surface area contributed by atoms with Crippen molar-refractivity contribution in [2.75, 3.05) is 6.61 Å². The molecule has 1 rings (SSSR count). The molecule has 1 aromatic carbocycles. The SMILES string of the molecule is C[C](C)COc1cc(Br)ccc1C(F)(F)F. The van der Waals surface area contributed by atoms with Crippen LogP contribution in [-0.2, 0) is 6.18 Å². The molecule has 0 bridgehead atoms. The van der Waals surface area contributed by atoms with Gasteiger partial charge < -0.3 is 4.74 Å². The Morgan fingerprint density at radius 3 is 2.44 bits per heavy atom. The van der Waals surface area contributed by atoms with Gasteiger partial charge in [0, 0.05) is 10.4 Å². The van der Waals surface area contributed by atoms with Gasteiger partial charge in [0.05, 0.1) is 12.2 Å². The van der Waals surface area contributed by atoms with Crippen LogP contribution in [0.15, 0.2) is 22.7 Å². The lowest BCUT2D eigenvalue weighted by molar-refractivity contribution is -0.138. The number of benzene rings is 1. The molecule has 0 saturated carbocycles. The first-order valence-corrected chi connectivity index (χ1v) is 5.38. The highest BCUT2D eigenvalue weighted by Gasteiger charge is 2.34. The van der Waals surface area contributed by atoms with Crippen LogP contribution in [0.25, 0.3) is 0 Å². The van der Waals surface area contributed by atoms with E-state index in [0.717, 1.165) is 12.0 Å². The van der Waals surface area contributed by atoms with Gasteiger partial charge >= 0.3 is 6.18 Å². The van der Waals surface area contributed by atoms with E-state index >= 15 is 0 Å². The predicted molar refractivity (Wildman–Crippen MR) is 59.2 cm³/mol. The number of hydrogen-bond acceptors (Lipinski definition) is 1. The quantitative estimate of drug-likeness (QED) is 0.800. The van der Waals surface area contributed by atoms with Gasteiger partial charge in [-0.25, -0.2) is 0 Å². The van der Waals surface area contributed by atoms with E-state index in [4.69, 9.17) is 4.74 Å². The van der Waals surface area contributed by atoms with E-state index < -0.39 is 11.7 Å². The van der Waals surface area contributed by atoms with Crippen molar-refractivity contribution in [1.29, 1.82) is 0 Å². The van der Waals surface area contributed by atoms with Crippen LogP contribution in [0.4, 0.5) is 13.2 Å². The molecule has 0 unspecified atom stereocenters. The second-order valence-corrected chi connectivity index (χ2v) is 4.55. The molecule has 5 heteroatoms. The van der Waals surface area contributed by atoms with Crippen LogP contribution in [0.5, 0.6) is 5.75 Å². The minimum absolute atomic E-state index is 0.150. The molecule has 0 aliphatic carbocycles. The molecule has 89 valence electrons. The van der Waals surface area contributed by atoms with Gasteiger partial charge in [-0.2, -0.15) is 13.2 Å². The second-order valence-electron chi connectivity index (χ2n) is 3.63. The monoisotopic (exact) mass is 295 g/mol. The number of alkyl halides is 3. The number of hydrogen-bond donors (Lipinski definition) is 0. The van der Waals surface area contributed by atoms with Gasteiger partial charge in [-0.15, -0.1) is 0 Å². The summed E-state index contributed by atoms with van der Waals surface area (Å²) < 4.78 is 43.5. The van der Waals surface area contributed by atoms with Crippen LogP contribution in [-0.4, -0.2) is 6.61 Å². The van der Waals surface area contributed by atoms with E-state index in [1.165, 1.54) is 12.1 Å². The van der Waals surface area contributed by atoms with Gasteiger partial charge in [-0.1, -0.05) is 29.8 Å². The van der Waals surface area contributed by atoms with Crippen molar-refractivity contribution in [3.8, 4) is 5.75 Å². The second kappa shape index (κ2) is 5.08. The summed E-state index contributed by atoms with van der Waals surface area (Å²) in [6.07, 6.45) is -4.39. The molecule has 0 N–H and O–H groups in total. The Morgan fingerprint density at radius 1 is 1.31 bits per heavy atom. The standard InChI is InChI=1S/C11H11BrF3O/c1-7(2)6-16-10-5-8(12)3-4-9(10)11(13,14)15/h3-5H,6H2,1-2H3. The first kappa shape index (κ1) is 13.4. The fraction of sp³-hybridized carbons (Fsp3) is 0.364. The average Bonchev–Trinajstić information content (AvgIpc) is 2.12. The van der Waals surface area contributed by atoms with Gasteiger partial charge in [0.15, 0.2) is 0 Å². The van der Waals surface area contributed by atoms with E-state index in [-0.39, 0.29) is 12.4 Å². The Kier molecular flexibility index (Phi) is 4.24. The van der Waals surface area contributed by atoms with Crippen molar-refractivity contribution in [1.82, 2.24) is 0 Å². The largest absolute Gasteiger partial charge is 0.492 e. The Labute approximate surface area is 101 Å². The molecule has 0 saturated heterocycles. The van der Waals surface area contributed by atoms with E-state index in [1.807, 2.05) is 0 Å². The summed E-state index contributed by atoms with van der Waals surface area (Å²) in [5, 5.41) is 0. The summed E-state index contributed by atoms with van der Waals surface area (Å²) in [6.45, 7) is 3.77. The minimum Gasteiger partial charge on any atom is -0.492 e. The zero-order valence-electron chi connectivity index (χ0n) is 8.86. The molecule has 0 spiro atoms. The molecular weight excluding hydrogens is 285 g/mol. The Morgan fingerprint density at radius 2 is 1.94 bits per heavy atom. The van der Waals surface area contributed by atoms with Gasteiger partial charge in [0.1, 0.15) is 5.75 Å². The number of rotatable bonds is 3. The Bertz CT molecular complexity index is 361. The van der Waals surface area contributed by atoms with Crippen molar-refractivity contribution in [2.24, 2.45) is 0 Å². The summed E-state index contributed by atoms with van der Waals surface area (Å²) in [5.74, 6) is 0.760. The summed E-state index contributed by atoms with van der Waals surface area (Å²) in [6, 6.07) is 3.67. The highest BCUT2D eigenvalue weighted by Crippen LogP contribution is 2.37. The number of ether oxygens (including phenoxy) is 1. The van der Waals surface area contributed by atoms with Gasteiger partial charge in [-0.05, 0) is 18.2 Å². The molecule has 0 aliphatic heterocycles. The van der Waals surface area contributed by atoms with E-state index in [2.05, 4.69) is 15.9 Å². The van der Waals surface area contributed by atoms with Crippen molar-refractivity contribution in [2.45, 2.75) is 20.0 Å². The van der Waals surface area contributed by atoms with E-state index in [1.54, 1.807) is 13.8 Å². The first-order valence-electron chi connectivity index (χ1n) is 4.59. The van der Waals surface area contributed by atoms with Crippen molar-refractivity contribution in [3.05, 3.63) is 34.2 Å². The zero-order chi connectivity index (χ0) is 12.3. The highest BCUT2D eigenvalue weighted by molar-refractivity contribution is 9.10. The lowest BCUT2D eigenvalue weighted by Gasteiger charge is -2.15. The van der Waals surface area contributed by atoms with Gasteiger partial charge in [-0.3, -0.25) is 0 Å². The average molecular weight is 296 g/mol. The highest BCUT2D eigenvalue weighted by atomic mass is 79.9. The summed E-state index contributed by atoms with van der Waals surface area (Å²) in [5.41, 5.74) is -0.753. The normalized spacial score (nSPS) is 11.9. The molecule has 0 amide bonds. The zero-order valence-corrected chi connectivity index (χ0v) is 10.4. The third-order valence-electron chi connectivity index (χ3n) is 1.77. The third kappa shape index (κ3) is 3.70. The summed E-state index contributed by atoms with van der Waals surface area (Å²) in [7, 11) is 0. The van der Waals surface area contributed by atoms with Crippen LogP contribution < -0.4 is 4.74 Å². The molecule has 0 fully saturated rings. The van der Waals surface area contributed by atoms with Crippen LogP contribution >= 0.6 is 15.9 Å². The van der Waals surface area contributed by atoms with Crippen molar-refractivity contribution < 1.29 is 17.9 Å². The molecule has 0 atom stereocenters. The maximum atomic E-state index is 12.6. The lowest BCUT2D eigenvalue weighted by atomic mass is 10.2. The predicted octanol–water partition coefficient (Wildman–Crippen LogP) is 4.46. The fourth-order valence-corrected chi connectivity index (χ4v) is 1.41. The van der Waals surface area contributed by atoms with E-state index in [0.29, 0.717) is 4.47 Å². The van der Waals surface area contributed by atoms with Crippen LogP contribution in [0, 0.1) is 5.92 Å². The molecule has 0 aromatic heterocycles. The lowest BCUT2D eigenvalue weighted by Crippen LogP contribution is -2.11. The van der Waals surface area contributed by atoms with Crippen LogP contribution in [0.3, 0.4) is 0 Å². The van der Waals surface area contributed by atoms with E-state index in [9.17, 15) is 13.2 Å². The fourth-order valence-electron chi connectivity index (χ4n) is 1.07.